The highest BCUT2D eigenvalue weighted by atomic mass is 16.5. The third-order valence-corrected chi connectivity index (χ3v) is 7.81. The summed E-state index contributed by atoms with van der Waals surface area (Å²) in [4.78, 5) is 13.4. The Kier molecular flexibility index (Phi) is 4.31. The fourth-order valence-corrected chi connectivity index (χ4v) is 6.27. The van der Waals surface area contributed by atoms with E-state index in [1.165, 1.54) is 11.1 Å². The predicted octanol–water partition coefficient (Wildman–Crippen LogP) is 5.52. The van der Waals surface area contributed by atoms with Gasteiger partial charge < -0.3 is 9.84 Å². The molecule has 0 amide bonds. The Morgan fingerprint density at radius 2 is 1.93 bits per heavy atom. The standard InChI is InChI=1S/C26H28O3/c1-26-12-11-22-21-10-6-19(27)14-17(21)5-9-23(22)24(26)15-18(25(26)28)13-16-3-7-20(29-2)8-4-16/h3-4,6-8,10,13-14,22-24,27H,5,9,11-12,15H2,1-2H3/b18-13+/t22-,23-,24-,26-/m0/s1. The second kappa shape index (κ2) is 6.76. The number of ether oxygens (including phenoxy) is 1. The third-order valence-electron chi connectivity index (χ3n) is 7.81. The summed E-state index contributed by atoms with van der Waals surface area (Å²) < 4.78 is 5.25. The number of carbonyl (C=O) groups is 1. The molecule has 2 aromatic carbocycles. The lowest BCUT2D eigenvalue weighted by Gasteiger charge is -2.48. The van der Waals surface area contributed by atoms with Crippen LogP contribution < -0.4 is 4.74 Å². The molecule has 5 rings (SSSR count). The van der Waals surface area contributed by atoms with Gasteiger partial charge in [-0.05, 0) is 102 Å². The topological polar surface area (TPSA) is 46.5 Å². The summed E-state index contributed by atoms with van der Waals surface area (Å²) in [6, 6.07) is 13.8. The summed E-state index contributed by atoms with van der Waals surface area (Å²) in [7, 11) is 1.67. The SMILES string of the molecule is COc1ccc(/C=C2\C[C@H]3[C@H]4CCc5cc(O)ccc5[C@@H]4CC[C@]3(C)C2=O)cc1. The molecular weight excluding hydrogens is 360 g/mol. The highest BCUT2D eigenvalue weighted by Gasteiger charge is 2.56. The van der Waals surface area contributed by atoms with Gasteiger partial charge in [-0.3, -0.25) is 4.79 Å². The molecule has 3 aliphatic carbocycles. The van der Waals surface area contributed by atoms with Crippen LogP contribution in [0.25, 0.3) is 6.08 Å². The zero-order valence-electron chi connectivity index (χ0n) is 17.2. The number of aryl methyl sites for hydroxylation is 1. The maximum atomic E-state index is 13.4. The maximum absolute atomic E-state index is 13.4. The summed E-state index contributed by atoms with van der Waals surface area (Å²) in [5.74, 6) is 3.04. The van der Waals surface area contributed by atoms with Crippen LogP contribution in [0.3, 0.4) is 0 Å². The molecule has 29 heavy (non-hydrogen) atoms. The second-order valence-corrected chi connectivity index (χ2v) is 9.23. The Morgan fingerprint density at radius 1 is 1.14 bits per heavy atom. The number of rotatable bonds is 2. The number of benzene rings is 2. The Bertz CT molecular complexity index is 988. The zero-order chi connectivity index (χ0) is 20.2. The van der Waals surface area contributed by atoms with Gasteiger partial charge in [0, 0.05) is 5.41 Å². The number of aromatic hydroxyl groups is 1. The number of methoxy groups -OCH3 is 1. The van der Waals surface area contributed by atoms with E-state index < -0.39 is 0 Å². The quantitative estimate of drug-likeness (QED) is 0.689. The van der Waals surface area contributed by atoms with Gasteiger partial charge in [-0.15, -0.1) is 0 Å². The van der Waals surface area contributed by atoms with Crippen molar-refractivity contribution in [3.63, 3.8) is 0 Å². The van der Waals surface area contributed by atoms with Crippen LogP contribution in [0.2, 0.25) is 0 Å². The number of ketones is 1. The van der Waals surface area contributed by atoms with Crippen LogP contribution in [0.15, 0.2) is 48.0 Å². The molecule has 0 spiro atoms. The first kappa shape index (κ1) is 18.5. The smallest absolute Gasteiger partial charge is 0.165 e. The molecule has 3 nitrogen and oxygen atoms in total. The van der Waals surface area contributed by atoms with Gasteiger partial charge in [-0.25, -0.2) is 0 Å². The van der Waals surface area contributed by atoms with E-state index in [-0.39, 0.29) is 5.41 Å². The summed E-state index contributed by atoms with van der Waals surface area (Å²) >= 11 is 0. The Labute approximate surface area is 172 Å². The van der Waals surface area contributed by atoms with Gasteiger partial charge in [0.1, 0.15) is 11.5 Å². The van der Waals surface area contributed by atoms with Crippen molar-refractivity contribution in [1.29, 1.82) is 0 Å². The van der Waals surface area contributed by atoms with E-state index in [2.05, 4.69) is 19.1 Å². The van der Waals surface area contributed by atoms with Crippen molar-refractivity contribution in [2.75, 3.05) is 7.11 Å². The molecule has 0 saturated heterocycles. The number of hydrogen-bond acceptors (Lipinski definition) is 3. The highest BCUT2D eigenvalue weighted by Crippen LogP contribution is 2.60. The Balaban J connectivity index is 1.46. The zero-order valence-corrected chi connectivity index (χ0v) is 17.2. The number of fused-ring (bicyclic) bond motifs is 5. The van der Waals surface area contributed by atoms with E-state index in [4.69, 9.17) is 4.74 Å². The van der Waals surface area contributed by atoms with Gasteiger partial charge in [0.15, 0.2) is 5.78 Å². The van der Waals surface area contributed by atoms with Crippen LogP contribution in [0, 0.1) is 17.3 Å². The number of allylic oxidation sites excluding steroid dienone is 1. The van der Waals surface area contributed by atoms with Crippen molar-refractivity contribution in [1.82, 2.24) is 0 Å². The van der Waals surface area contributed by atoms with E-state index >= 15 is 0 Å². The van der Waals surface area contributed by atoms with Gasteiger partial charge in [0.2, 0.25) is 0 Å². The number of Topliss-reactive ketones (excluding diaryl/α,β-unsaturated/α-hetero) is 1. The molecular formula is C26H28O3. The molecule has 0 bridgehead atoms. The second-order valence-electron chi connectivity index (χ2n) is 9.23. The van der Waals surface area contributed by atoms with Gasteiger partial charge in [0.05, 0.1) is 7.11 Å². The lowest BCUT2D eigenvalue weighted by atomic mass is 9.55. The average molecular weight is 389 g/mol. The summed E-state index contributed by atoms with van der Waals surface area (Å²) in [6.07, 6.45) is 7.12. The molecule has 1 N–H and O–H groups in total. The monoisotopic (exact) mass is 388 g/mol. The van der Waals surface area contributed by atoms with Gasteiger partial charge in [-0.2, -0.15) is 0 Å². The maximum Gasteiger partial charge on any atom is 0.165 e. The van der Waals surface area contributed by atoms with Gasteiger partial charge in [0.25, 0.3) is 0 Å². The molecule has 2 aromatic rings. The minimum Gasteiger partial charge on any atom is -0.508 e. The first-order valence-electron chi connectivity index (χ1n) is 10.7. The van der Waals surface area contributed by atoms with Crippen LogP contribution in [-0.2, 0) is 11.2 Å². The van der Waals surface area contributed by atoms with Crippen molar-refractivity contribution in [2.45, 2.75) is 44.9 Å². The fourth-order valence-electron chi connectivity index (χ4n) is 6.27. The van der Waals surface area contributed by atoms with E-state index in [0.29, 0.717) is 29.3 Å². The first-order valence-corrected chi connectivity index (χ1v) is 10.7. The van der Waals surface area contributed by atoms with E-state index in [1.807, 2.05) is 36.4 Å². The number of hydrogen-bond donors (Lipinski definition) is 1. The average Bonchev–Trinajstić information content (AvgIpc) is 2.99. The lowest BCUT2D eigenvalue weighted by molar-refractivity contribution is -0.127. The molecule has 2 fully saturated rings. The molecule has 0 unspecified atom stereocenters. The summed E-state index contributed by atoms with van der Waals surface area (Å²) in [5.41, 5.74) is 4.53. The number of carbonyl (C=O) groups excluding carboxylic acids is 1. The molecule has 0 aliphatic heterocycles. The number of phenols is 1. The number of phenolic OH excluding ortho intramolecular Hbond substituents is 1. The Hall–Kier alpha value is -2.55. The molecule has 150 valence electrons. The van der Waals surface area contributed by atoms with E-state index in [9.17, 15) is 9.90 Å². The van der Waals surface area contributed by atoms with Crippen LogP contribution in [0.1, 0.15) is 55.2 Å². The van der Waals surface area contributed by atoms with Crippen molar-refractivity contribution >= 4 is 11.9 Å². The molecule has 4 atom stereocenters. The predicted molar refractivity (Wildman–Crippen MR) is 114 cm³/mol. The molecule has 0 radical (unpaired) electrons. The summed E-state index contributed by atoms with van der Waals surface area (Å²) in [5, 5.41) is 9.86. The Morgan fingerprint density at radius 3 is 2.69 bits per heavy atom. The highest BCUT2D eigenvalue weighted by molar-refractivity contribution is 6.06. The lowest BCUT2D eigenvalue weighted by Crippen LogP contribution is -2.42. The van der Waals surface area contributed by atoms with Crippen LogP contribution in [0.5, 0.6) is 11.5 Å². The summed E-state index contributed by atoms with van der Waals surface area (Å²) in [6.45, 7) is 2.21. The fraction of sp³-hybridized carbons (Fsp3) is 0.423. The van der Waals surface area contributed by atoms with Crippen molar-refractivity contribution < 1.29 is 14.6 Å². The minimum atomic E-state index is -0.228. The van der Waals surface area contributed by atoms with Crippen LogP contribution >= 0.6 is 0 Å². The molecule has 3 aliphatic rings. The first-order chi connectivity index (χ1) is 14.0. The largest absolute Gasteiger partial charge is 0.508 e. The molecule has 2 saturated carbocycles. The van der Waals surface area contributed by atoms with Crippen molar-refractivity contribution in [3.05, 3.63) is 64.7 Å². The van der Waals surface area contributed by atoms with Crippen LogP contribution in [0.4, 0.5) is 0 Å². The minimum absolute atomic E-state index is 0.228. The third kappa shape index (κ3) is 2.90. The molecule has 0 heterocycles. The normalized spacial score (nSPS) is 31.9. The molecule has 0 aromatic heterocycles. The van der Waals surface area contributed by atoms with Gasteiger partial charge >= 0.3 is 0 Å². The van der Waals surface area contributed by atoms with E-state index in [0.717, 1.165) is 49.0 Å². The van der Waals surface area contributed by atoms with Crippen LogP contribution in [-0.4, -0.2) is 18.0 Å². The molecule has 3 heteroatoms. The van der Waals surface area contributed by atoms with Crippen molar-refractivity contribution in [3.8, 4) is 11.5 Å². The van der Waals surface area contributed by atoms with Crippen molar-refractivity contribution in [2.24, 2.45) is 17.3 Å². The van der Waals surface area contributed by atoms with Gasteiger partial charge in [-0.1, -0.05) is 25.1 Å². The van der Waals surface area contributed by atoms with E-state index in [1.54, 1.807) is 7.11 Å².